The Morgan fingerprint density at radius 1 is 0.759 bits per heavy atom. The minimum atomic E-state index is -3.91. The van der Waals surface area contributed by atoms with E-state index in [1.165, 1.54) is 0 Å². The Balaban J connectivity index is 1.92. The molecule has 0 aliphatic carbocycles. The lowest BCUT2D eigenvalue weighted by atomic mass is 10.2. The van der Waals surface area contributed by atoms with E-state index in [9.17, 15) is 13.2 Å². The van der Waals surface area contributed by atoms with Crippen molar-refractivity contribution in [2.24, 2.45) is 0 Å². The maximum absolute atomic E-state index is 13.3. The summed E-state index contributed by atoms with van der Waals surface area (Å²) in [4.78, 5) is 12.8. The minimum absolute atomic E-state index is 0.145. The molecule has 3 aromatic carbocycles. The highest BCUT2D eigenvalue weighted by Gasteiger charge is 2.27. The second kappa shape index (κ2) is 8.49. The van der Waals surface area contributed by atoms with Crippen LogP contribution in [-0.4, -0.2) is 20.9 Å². The number of benzene rings is 3. The number of nitrogens with zero attached hydrogens (tertiary/aromatic N) is 1. The average molecular weight is 409 g/mol. The lowest BCUT2D eigenvalue weighted by molar-refractivity contribution is -0.114. The molecule has 0 heterocycles. The Bertz CT molecular complexity index is 1090. The van der Waals surface area contributed by atoms with E-state index in [0.29, 0.717) is 11.4 Å². The van der Waals surface area contributed by atoms with Gasteiger partial charge in [-0.2, -0.15) is 0 Å². The monoisotopic (exact) mass is 408 g/mol. The van der Waals surface area contributed by atoms with Crippen molar-refractivity contribution in [1.29, 1.82) is 0 Å². The molecule has 3 aromatic rings. The molecule has 1 N–H and O–H groups in total. The van der Waals surface area contributed by atoms with Crippen molar-refractivity contribution < 1.29 is 13.2 Å². The lowest BCUT2D eigenvalue weighted by Crippen LogP contribution is -2.38. The van der Waals surface area contributed by atoms with Gasteiger partial charge < -0.3 is 5.32 Å². The van der Waals surface area contributed by atoms with Crippen LogP contribution in [0.25, 0.3) is 0 Å². The van der Waals surface area contributed by atoms with Crippen LogP contribution in [0.1, 0.15) is 16.7 Å². The van der Waals surface area contributed by atoms with Crippen LogP contribution in [0.15, 0.2) is 77.7 Å². The van der Waals surface area contributed by atoms with E-state index >= 15 is 0 Å². The van der Waals surface area contributed by atoms with Crippen LogP contribution in [0.2, 0.25) is 0 Å². The largest absolute Gasteiger partial charge is 0.325 e. The van der Waals surface area contributed by atoms with E-state index in [-0.39, 0.29) is 11.4 Å². The SMILES string of the molecule is Cc1ccc(NC(=O)CN(c2ccc(C)cc2)S(=O)(=O)c2ccc(C)cc2)cc1. The third-order valence-electron chi connectivity index (χ3n) is 4.55. The first-order chi connectivity index (χ1) is 13.8. The molecule has 0 bridgehead atoms. The zero-order valence-corrected chi connectivity index (χ0v) is 17.5. The van der Waals surface area contributed by atoms with Crippen molar-refractivity contribution in [2.45, 2.75) is 25.7 Å². The van der Waals surface area contributed by atoms with Crippen molar-refractivity contribution in [3.63, 3.8) is 0 Å². The van der Waals surface area contributed by atoms with Crippen LogP contribution in [-0.2, 0) is 14.8 Å². The topological polar surface area (TPSA) is 66.5 Å². The summed E-state index contributed by atoms with van der Waals surface area (Å²) >= 11 is 0. The van der Waals surface area contributed by atoms with E-state index in [0.717, 1.165) is 21.0 Å². The van der Waals surface area contributed by atoms with Crippen molar-refractivity contribution in [3.8, 4) is 0 Å². The van der Waals surface area contributed by atoms with Gasteiger partial charge in [-0.15, -0.1) is 0 Å². The maximum atomic E-state index is 13.3. The van der Waals surface area contributed by atoms with E-state index in [2.05, 4.69) is 5.32 Å². The van der Waals surface area contributed by atoms with Gasteiger partial charge in [0.05, 0.1) is 10.6 Å². The summed E-state index contributed by atoms with van der Waals surface area (Å²) < 4.78 is 27.8. The van der Waals surface area contributed by atoms with Crippen LogP contribution in [0, 0.1) is 20.8 Å². The Labute approximate surface area is 172 Å². The van der Waals surface area contributed by atoms with E-state index in [1.54, 1.807) is 48.5 Å². The molecule has 29 heavy (non-hydrogen) atoms. The predicted octanol–water partition coefficient (Wildman–Crippen LogP) is 4.45. The summed E-state index contributed by atoms with van der Waals surface area (Å²) in [6.45, 7) is 5.45. The Morgan fingerprint density at radius 2 is 1.21 bits per heavy atom. The van der Waals surface area contributed by atoms with Gasteiger partial charge in [0.15, 0.2) is 0 Å². The molecule has 1 amide bonds. The standard InChI is InChI=1S/C23H24N2O3S/c1-17-4-10-20(11-5-17)24-23(26)16-25(21-12-6-18(2)7-13-21)29(27,28)22-14-8-19(3)9-15-22/h4-15H,16H2,1-3H3,(H,24,26). The lowest BCUT2D eigenvalue weighted by Gasteiger charge is -2.24. The van der Waals surface area contributed by atoms with Gasteiger partial charge in [-0.05, 0) is 57.2 Å². The van der Waals surface area contributed by atoms with Crippen molar-refractivity contribution in [2.75, 3.05) is 16.2 Å². The summed E-state index contributed by atoms with van der Waals surface area (Å²) in [6.07, 6.45) is 0. The second-order valence-corrected chi connectivity index (χ2v) is 8.94. The van der Waals surface area contributed by atoms with Gasteiger partial charge in [0.2, 0.25) is 5.91 Å². The molecule has 0 aliphatic rings. The molecule has 0 aliphatic heterocycles. The number of amides is 1. The first-order valence-electron chi connectivity index (χ1n) is 9.28. The van der Waals surface area contributed by atoms with Gasteiger partial charge in [0, 0.05) is 5.69 Å². The molecule has 3 rings (SSSR count). The number of rotatable bonds is 6. The van der Waals surface area contributed by atoms with Crippen molar-refractivity contribution in [1.82, 2.24) is 0 Å². The molecular formula is C23H24N2O3S. The first kappa shape index (κ1) is 20.6. The van der Waals surface area contributed by atoms with Crippen molar-refractivity contribution in [3.05, 3.63) is 89.5 Å². The molecule has 0 fully saturated rings. The number of hydrogen-bond acceptors (Lipinski definition) is 3. The summed E-state index contributed by atoms with van der Waals surface area (Å²) in [7, 11) is -3.91. The second-order valence-electron chi connectivity index (χ2n) is 7.07. The van der Waals surface area contributed by atoms with Gasteiger partial charge in [-0.25, -0.2) is 8.42 Å². The molecule has 0 radical (unpaired) electrons. The van der Waals surface area contributed by atoms with E-state index in [4.69, 9.17) is 0 Å². The zero-order valence-electron chi connectivity index (χ0n) is 16.7. The number of carbonyl (C=O) groups is 1. The van der Waals surface area contributed by atoms with Crippen LogP contribution < -0.4 is 9.62 Å². The number of aryl methyl sites for hydroxylation is 3. The first-order valence-corrected chi connectivity index (χ1v) is 10.7. The number of anilines is 2. The summed E-state index contributed by atoms with van der Waals surface area (Å²) in [5, 5.41) is 2.77. The van der Waals surface area contributed by atoms with Crippen molar-refractivity contribution >= 4 is 27.3 Å². The fourth-order valence-electron chi connectivity index (χ4n) is 2.83. The number of carbonyl (C=O) groups excluding carboxylic acids is 1. The smallest absolute Gasteiger partial charge is 0.264 e. The molecule has 0 unspecified atom stereocenters. The highest BCUT2D eigenvalue weighted by molar-refractivity contribution is 7.92. The summed E-state index contributed by atoms with van der Waals surface area (Å²) in [5.41, 5.74) is 4.10. The predicted molar refractivity (Wildman–Crippen MR) is 117 cm³/mol. The molecule has 0 saturated heterocycles. The Morgan fingerprint density at radius 3 is 1.72 bits per heavy atom. The van der Waals surface area contributed by atoms with Crippen LogP contribution in [0.5, 0.6) is 0 Å². The van der Waals surface area contributed by atoms with Gasteiger partial charge in [-0.3, -0.25) is 9.10 Å². The van der Waals surface area contributed by atoms with Crippen LogP contribution >= 0.6 is 0 Å². The molecular weight excluding hydrogens is 384 g/mol. The van der Waals surface area contributed by atoms with Gasteiger partial charge >= 0.3 is 0 Å². The van der Waals surface area contributed by atoms with E-state index < -0.39 is 15.9 Å². The molecule has 6 heteroatoms. The third-order valence-corrected chi connectivity index (χ3v) is 6.34. The molecule has 0 spiro atoms. The summed E-state index contributed by atoms with van der Waals surface area (Å²) in [5.74, 6) is -0.412. The quantitative estimate of drug-likeness (QED) is 0.655. The molecule has 0 atom stereocenters. The van der Waals surface area contributed by atoms with Crippen LogP contribution in [0.3, 0.4) is 0 Å². The number of hydrogen-bond donors (Lipinski definition) is 1. The molecule has 0 aromatic heterocycles. The summed E-state index contributed by atoms with van der Waals surface area (Å²) in [6, 6.07) is 21.0. The normalized spacial score (nSPS) is 11.1. The highest BCUT2D eigenvalue weighted by Crippen LogP contribution is 2.24. The zero-order chi connectivity index (χ0) is 21.0. The third kappa shape index (κ3) is 5.03. The highest BCUT2D eigenvalue weighted by atomic mass is 32.2. The molecule has 150 valence electrons. The fourth-order valence-corrected chi connectivity index (χ4v) is 4.25. The molecule has 5 nitrogen and oxygen atoms in total. The van der Waals surface area contributed by atoms with Crippen LogP contribution in [0.4, 0.5) is 11.4 Å². The number of sulfonamides is 1. The Kier molecular flexibility index (Phi) is 6.03. The maximum Gasteiger partial charge on any atom is 0.264 e. The minimum Gasteiger partial charge on any atom is -0.325 e. The average Bonchev–Trinajstić information content (AvgIpc) is 2.69. The molecule has 0 saturated carbocycles. The van der Waals surface area contributed by atoms with Gasteiger partial charge in [0.25, 0.3) is 10.0 Å². The van der Waals surface area contributed by atoms with Gasteiger partial charge in [0.1, 0.15) is 6.54 Å². The number of nitrogens with one attached hydrogen (secondary N) is 1. The fraction of sp³-hybridized carbons (Fsp3) is 0.174. The Hall–Kier alpha value is -3.12. The van der Waals surface area contributed by atoms with E-state index in [1.807, 2.05) is 45.0 Å². The van der Waals surface area contributed by atoms with Gasteiger partial charge in [-0.1, -0.05) is 53.1 Å².